The molecule has 7 nitrogen and oxygen atoms in total. The van der Waals surface area contributed by atoms with Gasteiger partial charge in [-0.1, -0.05) is 53.7 Å². The summed E-state index contributed by atoms with van der Waals surface area (Å²) < 4.78 is 12.0. The third-order valence-electron chi connectivity index (χ3n) is 5.58. The number of rotatable bonds is 9. The fourth-order valence-electron chi connectivity index (χ4n) is 3.80. The van der Waals surface area contributed by atoms with Crippen molar-refractivity contribution in [2.24, 2.45) is 0 Å². The SMILES string of the molecule is CC(Oc1cccc(CCc2cccc(OCc3ccc4ccccc4n3)c2)c1)c1nn[nH]n1. The summed E-state index contributed by atoms with van der Waals surface area (Å²) in [5.74, 6) is 2.16. The molecule has 0 aliphatic heterocycles. The van der Waals surface area contributed by atoms with Crippen LogP contribution in [-0.4, -0.2) is 25.6 Å². The van der Waals surface area contributed by atoms with E-state index < -0.39 is 0 Å². The number of aromatic nitrogens is 5. The Bertz CT molecular complexity index is 1370. The lowest BCUT2D eigenvalue weighted by Gasteiger charge is -2.12. The Morgan fingerprint density at radius 3 is 2.38 bits per heavy atom. The standard InChI is InChI=1S/C27H25N5O2/c1-19(27-29-31-32-30-27)34-25-10-5-7-21(17-25)13-12-20-6-4-9-24(16-20)33-18-23-15-14-22-8-2-3-11-26(22)28-23/h2-11,14-17,19H,12-13,18H2,1H3,(H,29,30,31,32). The highest BCUT2D eigenvalue weighted by atomic mass is 16.5. The van der Waals surface area contributed by atoms with Crippen LogP contribution in [0.1, 0.15) is 35.7 Å². The molecule has 0 aliphatic carbocycles. The minimum absolute atomic E-state index is 0.278. The van der Waals surface area contributed by atoms with Crippen molar-refractivity contribution in [1.29, 1.82) is 0 Å². The van der Waals surface area contributed by atoms with Crippen LogP contribution in [0.4, 0.5) is 0 Å². The summed E-state index contributed by atoms with van der Waals surface area (Å²) in [6.07, 6.45) is 1.51. The van der Waals surface area contributed by atoms with Gasteiger partial charge in [-0.05, 0) is 67.3 Å². The lowest BCUT2D eigenvalue weighted by Crippen LogP contribution is -2.05. The van der Waals surface area contributed by atoms with Crippen LogP contribution in [0.2, 0.25) is 0 Å². The fraction of sp³-hybridized carbons (Fsp3) is 0.185. The number of H-pyrrole nitrogens is 1. The molecule has 1 unspecified atom stereocenters. The maximum absolute atomic E-state index is 6.03. The first-order valence-electron chi connectivity index (χ1n) is 11.3. The number of nitrogens with zero attached hydrogens (tertiary/aromatic N) is 4. The van der Waals surface area contributed by atoms with Crippen LogP contribution in [0.3, 0.4) is 0 Å². The Labute approximate surface area is 197 Å². The van der Waals surface area contributed by atoms with Crippen molar-refractivity contribution >= 4 is 10.9 Å². The van der Waals surface area contributed by atoms with E-state index in [2.05, 4.69) is 62.0 Å². The third-order valence-corrected chi connectivity index (χ3v) is 5.58. The van der Waals surface area contributed by atoms with E-state index in [1.807, 2.05) is 55.5 Å². The summed E-state index contributed by atoms with van der Waals surface area (Å²) in [5.41, 5.74) is 4.31. The van der Waals surface area contributed by atoms with E-state index >= 15 is 0 Å². The van der Waals surface area contributed by atoms with E-state index in [-0.39, 0.29) is 6.10 Å². The van der Waals surface area contributed by atoms with Crippen LogP contribution < -0.4 is 9.47 Å². The molecule has 0 fully saturated rings. The number of hydrogen-bond acceptors (Lipinski definition) is 6. The highest BCUT2D eigenvalue weighted by Gasteiger charge is 2.12. The fourth-order valence-corrected chi connectivity index (χ4v) is 3.80. The zero-order chi connectivity index (χ0) is 23.2. The second kappa shape index (κ2) is 10.1. The summed E-state index contributed by atoms with van der Waals surface area (Å²) >= 11 is 0. The summed E-state index contributed by atoms with van der Waals surface area (Å²) in [5, 5.41) is 15.1. The van der Waals surface area contributed by atoms with E-state index in [1.54, 1.807) is 0 Å². The normalized spacial score (nSPS) is 11.9. The van der Waals surface area contributed by atoms with Crippen molar-refractivity contribution in [3.63, 3.8) is 0 Å². The third kappa shape index (κ3) is 5.38. The number of benzene rings is 3. The predicted molar refractivity (Wildman–Crippen MR) is 130 cm³/mol. The molecule has 0 saturated carbocycles. The van der Waals surface area contributed by atoms with Crippen LogP contribution in [0, 0.1) is 0 Å². The molecule has 2 heterocycles. The van der Waals surface area contributed by atoms with Crippen molar-refractivity contribution < 1.29 is 9.47 Å². The summed E-state index contributed by atoms with van der Waals surface area (Å²) in [6, 6.07) is 28.5. The number of aryl methyl sites for hydroxylation is 2. The molecule has 0 amide bonds. The molecule has 0 saturated heterocycles. The van der Waals surface area contributed by atoms with Crippen LogP contribution in [-0.2, 0) is 19.4 Å². The van der Waals surface area contributed by atoms with Crippen LogP contribution in [0.25, 0.3) is 10.9 Å². The van der Waals surface area contributed by atoms with Gasteiger partial charge in [-0.3, -0.25) is 0 Å². The van der Waals surface area contributed by atoms with Gasteiger partial charge in [0.25, 0.3) is 0 Å². The van der Waals surface area contributed by atoms with E-state index in [9.17, 15) is 0 Å². The molecule has 1 N–H and O–H groups in total. The second-order valence-electron chi connectivity index (χ2n) is 8.11. The van der Waals surface area contributed by atoms with Crippen LogP contribution >= 0.6 is 0 Å². The van der Waals surface area contributed by atoms with Gasteiger partial charge in [0.2, 0.25) is 5.82 Å². The van der Waals surface area contributed by atoms with Crippen molar-refractivity contribution in [1.82, 2.24) is 25.6 Å². The van der Waals surface area contributed by atoms with Crippen molar-refractivity contribution in [3.8, 4) is 11.5 Å². The van der Waals surface area contributed by atoms with Crippen LogP contribution in [0.15, 0.2) is 84.9 Å². The lowest BCUT2D eigenvalue weighted by atomic mass is 10.0. The van der Waals surface area contributed by atoms with Gasteiger partial charge < -0.3 is 9.47 Å². The summed E-state index contributed by atoms with van der Waals surface area (Å²) in [4.78, 5) is 4.68. The van der Waals surface area contributed by atoms with Gasteiger partial charge >= 0.3 is 0 Å². The molecule has 7 heteroatoms. The average Bonchev–Trinajstić information content (AvgIpc) is 3.42. The smallest absolute Gasteiger partial charge is 0.214 e. The molecular formula is C27H25N5O2. The topological polar surface area (TPSA) is 85.8 Å². The number of para-hydroxylation sites is 1. The Balaban J connectivity index is 1.18. The van der Waals surface area contributed by atoms with E-state index in [4.69, 9.17) is 9.47 Å². The number of aromatic amines is 1. The van der Waals surface area contributed by atoms with E-state index in [0.29, 0.717) is 12.4 Å². The summed E-state index contributed by atoms with van der Waals surface area (Å²) in [6.45, 7) is 2.34. The number of nitrogens with one attached hydrogen (secondary N) is 1. The zero-order valence-electron chi connectivity index (χ0n) is 18.9. The van der Waals surface area contributed by atoms with E-state index in [1.165, 1.54) is 11.1 Å². The molecule has 1 atom stereocenters. The molecule has 3 aromatic carbocycles. The molecule has 5 rings (SSSR count). The lowest BCUT2D eigenvalue weighted by molar-refractivity contribution is 0.216. The van der Waals surface area contributed by atoms with Crippen molar-refractivity contribution in [2.75, 3.05) is 0 Å². The number of tetrazole rings is 1. The number of hydrogen-bond donors (Lipinski definition) is 1. The average molecular weight is 452 g/mol. The van der Waals surface area contributed by atoms with Gasteiger partial charge in [-0.15, -0.1) is 10.2 Å². The molecule has 0 spiro atoms. The molecule has 2 aromatic heterocycles. The van der Waals surface area contributed by atoms with Crippen LogP contribution in [0.5, 0.6) is 11.5 Å². The van der Waals surface area contributed by atoms with Crippen molar-refractivity contribution in [3.05, 3.63) is 108 Å². The molecule has 0 bridgehead atoms. The van der Waals surface area contributed by atoms with Gasteiger partial charge in [0.05, 0.1) is 11.2 Å². The van der Waals surface area contributed by atoms with Gasteiger partial charge in [0, 0.05) is 5.39 Å². The minimum atomic E-state index is -0.278. The monoisotopic (exact) mass is 451 g/mol. The molecule has 0 radical (unpaired) electrons. The second-order valence-corrected chi connectivity index (χ2v) is 8.11. The predicted octanol–water partition coefficient (Wildman–Crippen LogP) is 5.25. The van der Waals surface area contributed by atoms with Gasteiger partial charge in [-0.2, -0.15) is 5.21 Å². The quantitative estimate of drug-likeness (QED) is 0.329. The zero-order valence-corrected chi connectivity index (χ0v) is 18.9. The number of ether oxygens (including phenoxy) is 2. The molecular weight excluding hydrogens is 426 g/mol. The Kier molecular flexibility index (Phi) is 6.42. The first-order chi connectivity index (χ1) is 16.7. The molecule has 170 valence electrons. The highest BCUT2D eigenvalue weighted by Crippen LogP contribution is 2.22. The van der Waals surface area contributed by atoms with E-state index in [0.717, 1.165) is 40.9 Å². The first kappa shape index (κ1) is 21.6. The Morgan fingerprint density at radius 1 is 0.824 bits per heavy atom. The number of pyridine rings is 1. The van der Waals surface area contributed by atoms with Gasteiger partial charge in [0.15, 0.2) is 6.10 Å². The van der Waals surface area contributed by atoms with Crippen molar-refractivity contribution in [2.45, 2.75) is 32.5 Å². The highest BCUT2D eigenvalue weighted by molar-refractivity contribution is 5.78. The Hall–Kier alpha value is -4.26. The van der Waals surface area contributed by atoms with Gasteiger partial charge in [0.1, 0.15) is 18.1 Å². The largest absolute Gasteiger partial charge is 0.487 e. The maximum Gasteiger partial charge on any atom is 0.214 e. The Morgan fingerprint density at radius 2 is 1.59 bits per heavy atom. The maximum atomic E-state index is 6.03. The molecule has 5 aromatic rings. The first-order valence-corrected chi connectivity index (χ1v) is 11.3. The van der Waals surface area contributed by atoms with Gasteiger partial charge in [-0.25, -0.2) is 4.98 Å². The minimum Gasteiger partial charge on any atom is -0.487 e. The molecule has 34 heavy (non-hydrogen) atoms. The number of fused-ring (bicyclic) bond motifs is 1. The summed E-state index contributed by atoms with van der Waals surface area (Å²) in [7, 11) is 0. The molecule has 0 aliphatic rings.